The summed E-state index contributed by atoms with van der Waals surface area (Å²) in [5.41, 5.74) is 3.91. The zero-order valence-corrected chi connectivity index (χ0v) is 12.6. The maximum Gasteiger partial charge on any atom is 0.198 e. The summed E-state index contributed by atoms with van der Waals surface area (Å²) in [6.07, 6.45) is 1.70. The molecule has 0 amide bonds. The van der Waals surface area contributed by atoms with Gasteiger partial charge in [-0.3, -0.25) is 4.99 Å². The molecule has 0 unspecified atom stereocenters. The summed E-state index contributed by atoms with van der Waals surface area (Å²) >= 11 is 0. The molecule has 0 atom stereocenters. The lowest BCUT2D eigenvalue weighted by Gasteiger charge is -1.99. The Hall–Kier alpha value is -2.75. The third kappa shape index (κ3) is 2.81. The first kappa shape index (κ1) is 14.2. The summed E-state index contributed by atoms with van der Waals surface area (Å²) in [4.78, 5) is 7.38. The van der Waals surface area contributed by atoms with Gasteiger partial charge in [0.05, 0.1) is 19.2 Å². The van der Waals surface area contributed by atoms with E-state index < -0.39 is 0 Å². The molecular weight excluding hydrogens is 276 g/mol. The molecule has 0 aliphatic carbocycles. The minimum absolute atomic E-state index is 0.121. The van der Waals surface area contributed by atoms with Gasteiger partial charge in [-0.1, -0.05) is 29.8 Å². The molecule has 0 saturated heterocycles. The number of hydrogen-bond acceptors (Lipinski definition) is 3. The van der Waals surface area contributed by atoms with Crippen molar-refractivity contribution in [3.8, 4) is 11.6 Å². The fourth-order valence-corrected chi connectivity index (χ4v) is 2.37. The molecule has 3 rings (SSSR count). The van der Waals surface area contributed by atoms with Crippen LogP contribution in [0.25, 0.3) is 10.9 Å². The predicted octanol–water partition coefficient (Wildman–Crippen LogP) is 3.81. The molecule has 0 aliphatic rings. The van der Waals surface area contributed by atoms with Gasteiger partial charge < -0.3 is 14.8 Å². The van der Waals surface area contributed by atoms with Crippen molar-refractivity contribution in [1.29, 1.82) is 0 Å². The normalized spacial score (nSPS) is 11.4. The third-order valence-corrected chi connectivity index (χ3v) is 3.64. The first-order valence-electron chi connectivity index (χ1n) is 7.11. The molecule has 22 heavy (non-hydrogen) atoms. The Bertz CT molecular complexity index is 817. The van der Waals surface area contributed by atoms with Crippen molar-refractivity contribution in [3.63, 3.8) is 0 Å². The lowest BCUT2D eigenvalue weighted by atomic mass is 10.1. The minimum Gasteiger partial charge on any atom is -0.497 e. The number of aryl methyl sites for hydroxylation is 1. The third-order valence-electron chi connectivity index (χ3n) is 3.64. The number of hydrogen-bond donors (Lipinski definition) is 2. The summed E-state index contributed by atoms with van der Waals surface area (Å²) < 4.78 is 5.23. The Balaban J connectivity index is 1.87. The Morgan fingerprint density at radius 1 is 1.18 bits per heavy atom. The van der Waals surface area contributed by atoms with E-state index in [1.54, 1.807) is 13.3 Å². The van der Waals surface area contributed by atoms with E-state index in [9.17, 15) is 5.11 Å². The van der Waals surface area contributed by atoms with Crippen molar-refractivity contribution in [2.24, 2.45) is 4.99 Å². The monoisotopic (exact) mass is 294 g/mol. The Morgan fingerprint density at radius 3 is 2.68 bits per heavy atom. The van der Waals surface area contributed by atoms with Crippen molar-refractivity contribution < 1.29 is 9.84 Å². The minimum atomic E-state index is 0.121. The van der Waals surface area contributed by atoms with Crippen molar-refractivity contribution in [3.05, 3.63) is 59.2 Å². The number of fused-ring (bicyclic) bond motifs is 1. The zero-order chi connectivity index (χ0) is 15.5. The smallest absolute Gasteiger partial charge is 0.198 e. The van der Waals surface area contributed by atoms with Crippen LogP contribution in [0.3, 0.4) is 0 Å². The van der Waals surface area contributed by atoms with Gasteiger partial charge in [0.2, 0.25) is 0 Å². The maximum atomic E-state index is 10.0. The Morgan fingerprint density at radius 2 is 1.95 bits per heavy atom. The second-order valence-electron chi connectivity index (χ2n) is 5.25. The van der Waals surface area contributed by atoms with Crippen LogP contribution in [0.5, 0.6) is 11.6 Å². The molecule has 0 spiro atoms. The van der Waals surface area contributed by atoms with E-state index in [1.807, 2.05) is 18.2 Å². The summed E-state index contributed by atoms with van der Waals surface area (Å²) in [7, 11) is 1.62. The van der Waals surface area contributed by atoms with Crippen LogP contribution in [-0.2, 0) is 6.54 Å². The van der Waals surface area contributed by atoms with Crippen LogP contribution in [0, 0.1) is 6.92 Å². The fourth-order valence-electron chi connectivity index (χ4n) is 2.37. The van der Waals surface area contributed by atoms with Crippen LogP contribution in [0.4, 0.5) is 0 Å². The number of benzene rings is 2. The lowest BCUT2D eigenvalue weighted by molar-refractivity contribution is 0.415. The van der Waals surface area contributed by atoms with E-state index in [0.717, 1.165) is 22.2 Å². The van der Waals surface area contributed by atoms with E-state index in [0.29, 0.717) is 12.1 Å². The van der Waals surface area contributed by atoms with Crippen molar-refractivity contribution in [2.75, 3.05) is 7.11 Å². The molecular formula is C18H18N2O2. The average molecular weight is 294 g/mol. The van der Waals surface area contributed by atoms with Gasteiger partial charge in [-0.25, -0.2) is 0 Å². The number of aromatic hydroxyl groups is 1. The highest BCUT2D eigenvalue weighted by Gasteiger charge is 2.09. The molecule has 1 aromatic heterocycles. The van der Waals surface area contributed by atoms with E-state index in [2.05, 4.69) is 41.2 Å². The molecule has 4 heteroatoms. The van der Waals surface area contributed by atoms with Crippen LogP contribution in [-0.4, -0.2) is 23.4 Å². The number of aromatic nitrogens is 1. The maximum absolute atomic E-state index is 10.0. The summed E-state index contributed by atoms with van der Waals surface area (Å²) in [6, 6.07) is 13.9. The Labute approximate surface area is 129 Å². The highest BCUT2D eigenvalue weighted by molar-refractivity contribution is 6.02. The largest absolute Gasteiger partial charge is 0.497 e. The topological polar surface area (TPSA) is 57.6 Å². The lowest BCUT2D eigenvalue weighted by Crippen LogP contribution is -1.86. The fraction of sp³-hybridized carbons (Fsp3) is 0.167. The van der Waals surface area contributed by atoms with Gasteiger partial charge in [-0.2, -0.15) is 0 Å². The summed E-state index contributed by atoms with van der Waals surface area (Å²) in [5.74, 6) is 0.871. The number of nitrogens with zero attached hydrogens (tertiary/aromatic N) is 1. The standard InChI is InChI=1S/C18H18N2O2/c1-12-3-5-13(6-4-12)10-19-11-16-15-9-14(22-2)7-8-17(15)20-18(16)21/h3-9,11,20-21H,10H2,1-2H3. The van der Waals surface area contributed by atoms with Gasteiger partial charge in [0.1, 0.15) is 5.75 Å². The highest BCUT2D eigenvalue weighted by Crippen LogP contribution is 2.28. The van der Waals surface area contributed by atoms with E-state index in [4.69, 9.17) is 4.74 Å². The van der Waals surface area contributed by atoms with E-state index in [1.165, 1.54) is 5.56 Å². The molecule has 1 heterocycles. The number of nitrogens with one attached hydrogen (secondary N) is 1. The number of aliphatic imine (C=N–C) groups is 1. The number of aromatic amines is 1. The van der Waals surface area contributed by atoms with E-state index >= 15 is 0 Å². The number of H-pyrrole nitrogens is 1. The van der Waals surface area contributed by atoms with Crippen molar-refractivity contribution in [2.45, 2.75) is 13.5 Å². The van der Waals surface area contributed by atoms with Crippen LogP contribution in [0.15, 0.2) is 47.5 Å². The first-order chi connectivity index (χ1) is 10.7. The quantitative estimate of drug-likeness (QED) is 0.719. The number of ether oxygens (including phenoxy) is 1. The van der Waals surface area contributed by atoms with Crippen molar-refractivity contribution in [1.82, 2.24) is 4.98 Å². The molecule has 0 radical (unpaired) electrons. The van der Waals surface area contributed by atoms with Gasteiger partial charge in [-0.05, 0) is 30.7 Å². The molecule has 2 N–H and O–H groups in total. The van der Waals surface area contributed by atoms with E-state index in [-0.39, 0.29) is 5.88 Å². The Kier molecular flexibility index (Phi) is 3.83. The molecule has 112 valence electrons. The molecule has 4 nitrogen and oxygen atoms in total. The van der Waals surface area contributed by atoms with Crippen LogP contribution >= 0.6 is 0 Å². The molecule has 2 aromatic carbocycles. The molecule has 0 aliphatic heterocycles. The SMILES string of the molecule is COc1ccc2[nH]c(O)c(C=NCc3ccc(C)cc3)c2c1. The zero-order valence-electron chi connectivity index (χ0n) is 12.6. The van der Waals surface area contributed by atoms with Gasteiger partial charge in [0.25, 0.3) is 0 Å². The predicted molar refractivity (Wildman–Crippen MR) is 89.0 cm³/mol. The van der Waals surface area contributed by atoms with Gasteiger partial charge in [0.15, 0.2) is 5.88 Å². The van der Waals surface area contributed by atoms with Gasteiger partial charge >= 0.3 is 0 Å². The van der Waals surface area contributed by atoms with Crippen LogP contribution in [0.1, 0.15) is 16.7 Å². The number of rotatable bonds is 4. The summed E-state index contributed by atoms with van der Waals surface area (Å²) in [5, 5.41) is 10.9. The summed E-state index contributed by atoms with van der Waals surface area (Å²) in [6.45, 7) is 2.64. The number of methoxy groups -OCH3 is 1. The molecule has 0 fully saturated rings. The average Bonchev–Trinajstić information content (AvgIpc) is 2.84. The second-order valence-corrected chi connectivity index (χ2v) is 5.25. The molecule has 0 saturated carbocycles. The highest BCUT2D eigenvalue weighted by atomic mass is 16.5. The first-order valence-corrected chi connectivity index (χ1v) is 7.11. The molecule has 0 bridgehead atoms. The van der Waals surface area contributed by atoms with Crippen molar-refractivity contribution >= 4 is 17.1 Å². The van der Waals surface area contributed by atoms with Gasteiger partial charge in [0, 0.05) is 17.1 Å². The van der Waals surface area contributed by atoms with Crippen LogP contribution < -0.4 is 4.74 Å². The molecule has 3 aromatic rings. The van der Waals surface area contributed by atoms with Gasteiger partial charge in [-0.15, -0.1) is 0 Å². The van der Waals surface area contributed by atoms with Crippen LogP contribution in [0.2, 0.25) is 0 Å². The second kappa shape index (κ2) is 5.93.